The first-order chi connectivity index (χ1) is 4.47. The van der Waals surface area contributed by atoms with Crippen LogP contribution >= 0.6 is 0 Å². The van der Waals surface area contributed by atoms with Gasteiger partial charge in [-0.1, -0.05) is 5.23 Å². The van der Waals surface area contributed by atoms with E-state index in [4.69, 9.17) is 0 Å². The molecule has 1 radical (unpaired) electrons. The van der Waals surface area contributed by atoms with Gasteiger partial charge in [-0.05, 0) is 6.08 Å². The Hall–Kier alpha value is -1.45. The third-order valence-electron chi connectivity index (χ3n) is 1.09. The molecule has 0 atom stereocenters. The van der Waals surface area contributed by atoms with Crippen molar-refractivity contribution in [1.29, 1.82) is 0 Å². The zero-order valence-corrected chi connectivity index (χ0v) is 4.68. The van der Waals surface area contributed by atoms with Gasteiger partial charge in [0.15, 0.2) is 0 Å². The molecule has 0 aromatic carbocycles. The molecule has 2 rings (SSSR count). The SMILES string of the molecule is C1=CN2C=C[N]N2N=C1. The highest BCUT2D eigenvalue weighted by molar-refractivity contribution is 5.71. The lowest BCUT2D eigenvalue weighted by Crippen LogP contribution is -2.31. The van der Waals surface area contributed by atoms with Crippen LogP contribution in [-0.4, -0.2) is 16.5 Å². The fraction of sp³-hybridized carbons (Fsp3) is 0. The minimum atomic E-state index is 1.50. The van der Waals surface area contributed by atoms with Gasteiger partial charge in [-0.25, -0.2) is 5.01 Å². The van der Waals surface area contributed by atoms with Crippen LogP contribution in [-0.2, 0) is 0 Å². The Kier molecular flexibility index (Phi) is 0.745. The van der Waals surface area contributed by atoms with Crippen molar-refractivity contribution in [3.8, 4) is 0 Å². The van der Waals surface area contributed by atoms with Crippen LogP contribution in [0.15, 0.2) is 29.8 Å². The van der Waals surface area contributed by atoms with Gasteiger partial charge in [0.25, 0.3) is 0 Å². The van der Waals surface area contributed by atoms with Crippen LogP contribution < -0.4 is 5.43 Å². The Balaban J connectivity index is 2.25. The van der Waals surface area contributed by atoms with Crippen LogP contribution in [0.2, 0.25) is 0 Å². The van der Waals surface area contributed by atoms with Crippen LogP contribution in [0, 0.1) is 0 Å². The van der Waals surface area contributed by atoms with Crippen molar-refractivity contribution in [2.75, 3.05) is 0 Å². The van der Waals surface area contributed by atoms with Gasteiger partial charge >= 0.3 is 0 Å². The minimum Gasteiger partial charge on any atom is -0.229 e. The summed E-state index contributed by atoms with van der Waals surface area (Å²) in [4.78, 5) is 0. The van der Waals surface area contributed by atoms with E-state index in [0.717, 1.165) is 0 Å². The number of rotatable bonds is 0. The van der Waals surface area contributed by atoms with E-state index in [1.807, 2.05) is 18.5 Å². The summed E-state index contributed by atoms with van der Waals surface area (Å²) in [5, 5.41) is 7.19. The Bertz CT molecular complexity index is 193. The molecule has 0 saturated carbocycles. The average Bonchev–Trinajstić information content (AvgIpc) is 2.33. The van der Waals surface area contributed by atoms with Gasteiger partial charge < -0.3 is 0 Å². The fourth-order valence-corrected chi connectivity index (χ4v) is 0.701. The van der Waals surface area contributed by atoms with E-state index in [0.29, 0.717) is 0 Å². The number of hydrazone groups is 1. The monoisotopic (exact) mass is 121 g/mol. The van der Waals surface area contributed by atoms with Gasteiger partial charge in [0.05, 0.1) is 18.6 Å². The standard InChI is InChI=1S/C5H5N4/c1-2-6-9-7-3-5-8(9)4-1/h1-5H. The van der Waals surface area contributed by atoms with Crippen molar-refractivity contribution >= 4 is 6.21 Å². The summed E-state index contributed by atoms with van der Waals surface area (Å²) in [6.07, 6.45) is 8.93. The summed E-state index contributed by atoms with van der Waals surface area (Å²) < 4.78 is 0. The van der Waals surface area contributed by atoms with Gasteiger partial charge in [-0.2, -0.15) is 0 Å². The van der Waals surface area contributed by atoms with Crippen molar-refractivity contribution in [3.63, 3.8) is 0 Å². The highest BCUT2D eigenvalue weighted by Gasteiger charge is 2.12. The van der Waals surface area contributed by atoms with Gasteiger partial charge in [-0.3, -0.25) is 0 Å². The quantitative estimate of drug-likeness (QED) is 0.452. The maximum Gasteiger partial charge on any atom is 0.0696 e. The third-order valence-corrected chi connectivity index (χ3v) is 1.09. The van der Waals surface area contributed by atoms with Crippen LogP contribution in [0.25, 0.3) is 0 Å². The molecule has 0 aromatic rings. The van der Waals surface area contributed by atoms with E-state index < -0.39 is 0 Å². The Morgan fingerprint density at radius 1 is 1.22 bits per heavy atom. The van der Waals surface area contributed by atoms with Crippen LogP contribution in [0.4, 0.5) is 0 Å². The van der Waals surface area contributed by atoms with E-state index in [2.05, 4.69) is 10.5 Å². The number of allylic oxidation sites excluding steroid dienone is 1. The Labute approximate surface area is 52.7 Å². The maximum atomic E-state index is 3.91. The number of hydrazine groups is 1. The molecule has 0 unspecified atom stereocenters. The number of nitrogens with zero attached hydrogens (tertiary/aromatic N) is 4. The fourth-order valence-electron chi connectivity index (χ4n) is 0.701. The van der Waals surface area contributed by atoms with Crippen LogP contribution in [0.5, 0.6) is 0 Å². The first-order valence-electron chi connectivity index (χ1n) is 2.63. The van der Waals surface area contributed by atoms with E-state index in [1.54, 1.807) is 17.4 Å². The lowest BCUT2D eigenvalue weighted by molar-refractivity contribution is 0.0480. The summed E-state index contributed by atoms with van der Waals surface area (Å²) in [7, 11) is 0. The summed E-state index contributed by atoms with van der Waals surface area (Å²) in [5.41, 5.74) is 3.89. The second-order valence-electron chi connectivity index (χ2n) is 1.67. The number of hydrogen-bond donors (Lipinski definition) is 0. The molecule has 4 nitrogen and oxygen atoms in total. The van der Waals surface area contributed by atoms with Crippen LogP contribution in [0.3, 0.4) is 0 Å². The summed E-state index contributed by atoms with van der Waals surface area (Å²) in [6, 6.07) is 0. The molecule has 4 heteroatoms. The minimum absolute atomic E-state index is 1.50. The summed E-state index contributed by atoms with van der Waals surface area (Å²) in [5.74, 6) is 0. The normalized spacial score (nSPS) is 20.4. The molecule has 0 N–H and O–H groups in total. The smallest absolute Gasteiger partial charge is 0.0696 e. The van der Waals surface area contributed by atoms with Gasteiger partial charge in [0, 0.05) is 6.20 Å². The third kappa shape index (κ3) is 0.561. The maximum absolute atomic E-state index is 3.91. The first kappa shape index (κ1) is 4.43. The highest BCUT2D eigenvalue weighted by atomic mass is 15.9. The molecule has 0 aliphatic carbocycles. The molecule has 0 aromatic heterocycles. The molecule has 0 fully saturated rings. The first-order valence-corrected chi connectivity index (χ1v) is 2.63. The van der Waals surface area contributed by atoms with E-state index >= 15 is 0 Å². The highest BCUT2D eigenvalue weighted by Crippen LogP contribution is 2.07. The lowest BCUT2D eigenvalue weighted by atomic mass is 10.6. The number of hydrogen-bond acceptors (Lipinski definition) is 3. The second kappa shape index (κ2) is 1.51. The van der Waals surface area contributed by atoms with Gasteiger partial charge in [-0.15, -0.1) is 10.5 Å². The van der Waals surface area contributed by atoms with Crippen molar-refractivity contribution in [2.24, 2.45) is 5.10 Å². The van der Waals surface area contributed by atoms with Crippen molar-refractivity contribution in [2.45, 2.75) is 0 Å². The number of fused-ring (bicyclic) bond motifs is 1. The largest absolute Gasteiger partial charge is 0.229 e. The molecule has 0 spiro atoms. The van der Waals surface area contributed by atoms with E-state index in [1.165, 1.54) is 5.23 Å². The summed E-state index contributed by atoms with van der Waals surface area (Å²) >= 11 is 0. The lowest BCUT2D eigenvalue weighted by Gasteiger charge is -2.20. The van der Waals surface area contributed by atoms with Crippen molar-refractivity contribution in [3.05, 3.63) is 24.7 Å². The van der Waals surface area contributed by atoms with Crippen molar-refractivity contribution < 1.29 is 0 Å². The molecule has 0 saturated heterocycles. The molecule has 45 valence electrons. The molecule has 9 heavy (non-hydrogen) atoms. The molecular formula is C5H5N4. The topological polar surface area (TPSA) is 32.9 Å². The molecule has 2 aliphatic rings. The predicted octanol–water partition coefficient (Wildman–Crippen LogP) is 0.0227. The Morgan fingerprint density at radius 2 is 2.22 bits per heavy atom. The van der Waals surface area contributed by atoms with Crippen LogP contribution in [0.1, 0.15) is 0 Å². The zero-order valence-electron chi connectivity index (χ0n) is 4.68. The van der Waals surface area contributed by atoms with E-state index in [9.17, 15) is 0 Å². The Morgan fingerprint density at radius 3 is 3.11 bits per heavy atom. The molecular weight excluding hydrogens is 116 g/mol. The molecule has 0 bridgehead atoms. The second-order valence-corrected chi connectivity index (χ2v) is 1.67. The van der Waals surface area contributed by atoms with Gasteiger partial charge in [0.2, 0.25) is 0 Å². The van der Waals surface area contributed by atoms with Gasteiger partial charge in [0.1, 0.15) is 0 Å². The van der Waals surface area contributed by atoms with E-state index in [-0.39, 0.29) is 0 Å². The molecule has 2 heterocycles. The van der Waals surface area contributed by atoms with Crippen molar-refractivity contribution in [1.82, 2.24) is 15.7 Å². The molecule has 0 amide bonds. The molecule has 2 aliphatic heterocycles. The zero-order chi connectivity index (χ0) is 6.10. The average molecular weight is 121 g/mol. The summed E-state index contributed by atoms with van der Waals surface area (Å²) in [6.45, 7) is 0. The predicted molar refractivity (Wildman–Crippen MR) is 32.6 cm³/mol.